The fourth-order valence-electron chi connectivity index (χ4n) is 2.53. The number of halogens is 1. The zero-order valence-electron chi connectivity index (χ0n) is 10.5. The molecule has 1 saturated heterocycles. The van der Waals surface area contributed by atoms with Gasteiger partial charge in [-0.05, 0) is 33.3 Å². The second kappa shape index (κ2) is 4.83. The van der Waals surface area contributed by atoms with E-state index in [9.17, 15) is 4.79 Å². The highest BCUT2D eigenvalue weighted by Crippen LogP contribution is 2.27. The van der Waals surface area contributed by atoms with Gasteiger partial charge in [-0.3, -0.25) is 4.79 Å². The maximum Gasteiger partial charge on any atom is 0.182 e. The van der Waals surface area contributed by atoms with E-state index in [0.717, 1.165) is 36.6 Å². The first-order valence-corrected chi connectivity index (χ1v) is 6.40. The van der Waals surface area contributed by atoms with Crippen LogP contribution in [0.5, 0.6) is 0 Å². The largest absolute Gasteiger partial charge is 0.379 e. The van der Waals surface area contributed by atoms with Crippen LogP contribution >= 0.6 is 11.6 Å². The molecular weight excluding hydrogens is 238 g/mol. The summed E-state index contributed by atoms with van der Waals surface area (Å²) in [7, 11) is 0. The number of ether oxygens (including phenoxy) is 1. The van der Waals surface area contributed by atoms with Gasteiger partial charge < -0.3 is 9.30 Å². The molecule has 17 heavy (non-hydrogen) atoms. The molecule has 0 N–H and O–H groups in total. The molecule has 0 aliphatic carbocycles. The van der Waals surface area contributed by atoms with Crippen LogP contribution < -0.4 is 0 Å². The molecule has 2 heterocycles. The van der Waals surface area contributed by atoms with Crippen molar-refractivity contribution in [3.8, 4) is 0 Å². The predicted octanol–water partition coefficient (Wildman–Crippen LogP) is 2.88. The van der Waals surface area contributed by atoms with Crippen molar-refractivity contribution in [2.75, 3.05) is 13.2 Å². The second-order valence-electron chi connectivity index (χ2n) is 4.65. The Kier molecular flexibility index (Phi) is 3.59. The van der Waals surface area contributed by atoms with Crippen molar-refractivity contribution in [2.24, 2.45) is 0 Å². The first-order chi connectivity index (χ1) is 8.02. The molecule has 94 valence electrons. The highest BCUT2D eigenvalue weighted by atomic mass is 35.5. The second-order valence-corrected chi connectivity index (χ2v) is 5.31. The molecule has 0 radical (unpaired) electrons. The number of nitrogens with zero attached hydrogens (tertiary/aromatic N) is 1. The van der Waals surface area contributed by atoms with Crippen LogP contribution in [0.25, 0.3) is 0 Å². The minimum absolute atomic E-state index is 0.00457. The van der Waals surface area contributed by atoms with Gasteiger partial charge in [0, 0.05) is 23.6 Å². The Balaban J connectivity index is 2.38. The van der Waals surface area contributed by atoms with E-state index in [1.165, 1.54) is 0 Å². The maximum atomic E-state index is 12.0. The van der Waals surface area contributed by atoms with Crippen molar-refractivity contribution in [3.63, 3.8) is 0 Å². The van der Waals surface area contributed by atoms with Crippen LogP contribution in [0.1, 0.15) is 41.1 Å². The lowest BCUT2D eigenvalue weighted by molar-refractivity contribution is 0.0991. The number of carbonyl (C=O) groups is 1. The molecule has 1 aromatic heterocycles. The van der Waals surface area contributed by atoms with Gasteiger partial charge in [0.2, 0.25) is 0 Å². The number of hydrogen-bond donors (Lipinski definition) is 0. The molecule has 1 aromatic rings. The third-order valence-electron chi connectivity index (χ3n) is 3.38. The van der Waals surface area contributed by atoms with Gasteiger partial charge in [-0.1, -0.05) is 0 Å². The minimum Gasteiger partial charge on any atom is -0.379 e. The first-order valence-electron chi connectivity index (χ1n) is 5.96. The number of aromatic nitrogens is 1. The fourth-order valence-corrected chi connectivity index (χ4v) is 2.65. The molecule has 0 bridgehead atoms. The average molecular weight is 256 g/mol. The SMILES string of the molecule is Cc1cc(C(=O)C(C)Cl)c(C)n1C1CCOC1. The molecule has 1 fully saturated rings. The maximum absolute atomic E-state index is 12.0. The van der Waals surface area contributed by atoms with Crippen LogP contribution in [0.4, 0.5) is 0 Å². The molecule has 4 heteroatoms. The number of Topliss-reactive ketones (excluding diaryl/α,β-unsaturated/α-hetero) is 1. The number of ketones is 1. The summed E-state index contributed by atoms with van der Waals surface area (Å²) in [4.78, 5) is 12.0. The van der Waals surface area contributed by atoms with E-state index in [2.05, 4.69) is 4.57 Å². The van der Waals surface area contributed by atoms with E-state index < -0.39 is 5.38 Å². The normalized spacial score (nSPS) is 21.8. The van der Waals surface area contributed by atoms with Crippen LogP contribution in [0, 0.1) is 13.8 Å². The third-order valence-corrected chi connectivity index (χ3v) is 3.58. The average Bonchev–Trinajstić information content (AvgIpc) is 2.85. The van der Waals surface area contributed by atoms with Crippen molar-refractivity contribution < 1.29 is 9.53 Å². The van der Waals surface area contributed by atoms with Gasteiger partial charge in [-0.25, -0.2) is 0 Å². The molecule has 0 spiro atoms. The summed E-state index contributed by atoms with van der Waals surface area (Å²) in [6.45, 7) is 7.27. The summed E-state index contributed by atoms with van der Waals surface area (Å²) in [6, 6.07) is 2.30. The smallest absolute Gasteiger partial charge is 0.182 e. The van der Waals surface area contributed by atoms with E-state index in [0.29, 0.717) is 6.04 Å². The number of aryl methyl sites for hydroxylation is 1. The highest BCUT2D eigenvalue weighted by molar-refractivity contribution is 6.33. The van der Waals surface area contributed by atoms with Gasteiger partial charge in [0.25, 0.3) is 0 Å². The Labute approximate surface area is 107 Å². The Morgan fingerprint density at radius 3 is 2.82 bits per heavy atom. The summed E-state index contributed by atoms with van der Waals surface area (Å²) in [5, 5.41) is -0.469. The molecule has 1 aliphatic rings. The summed E-state index contributed by atoms with van der Waals surface area (Å²) in [6.07, 6.45) is 1.01. The summed E-state index contributed by atoms with van der Waals surface area (Å²) in [5.74, 6) is 0.00457. The summed E-state index contributed by atoms with van der Waals surface area (Å²) < 4.78 is 7.61. The molecule has 3 nitrogen and oxygen atoms in total. The van der Waals surface area contributed by atoms with E-state index in [1.54, 1.807) is 6.92 Å². The number of rotatable bonds is 3. The van der Waals surface area contributed by atoms with Crippen LogP contribution in [-0.2, 0) is 4.74 Å². The van der Waals surface area contributed by atoms with E-state index in [1.807, 2.05) is 19.9 Å². The molecule has 2 unspecified atom stereocenters. The van der Waals surface area contributed by atoms with E-state index in [4.69, 9.17) is 16.3 Å². The van der Waals surface area contributed by atoms with Gasteiger partial charge in [0.1, 0.15) is 0 Å². The van der Waals surface area contributed by atoms with Crippen molar-refractivity contribution in [2.45, 2.75) is 38.6 Å². The lowest BCUT2D eigenvalue weighted by Crippen LogP contribution is -2.15. The quantitative estimate of drug-likeness (QED) is 0.614. The molecule has 2 rings (SSSR count). The zero-order valence-corrected chi connectivity index (χ0v) is 11.3. The topological polar surface area (TPSA) is 31.2 Å². The number of carbonyl (C=O) groups excluding carboxylic acids is 1. The Morgan fingerprint density at radius 1 is 1.59 bits per heavy atom. The number of alkyl halides is 1. The monoisotopic (exact) mass is 255 g/mol. The third kappa shape index (κ3) is 2.26. The molecule has 1 aliphatic heterocycles. The Morgan fingerprint density at radius 2 is 2.29 bits per heavy atom. The van der Waals surface area contributed by atoms with E-state index in [-0.39, 0.29) is 5.78 Å². The summed E-state index contributed by atoms with van der Waals surface area (Å²) >= 11 is 5.87. The zero-order chi connectivity index (χ0) is 12.6. The first kappa shape index (κ1) is 12.7. The standard InChI is InChI=1S/C13H18ClNO2/c1-8-6-12(13(16)9(2)14)10(3)15(8)11-4-5-17-7-11/h6,9,11H,4-5,7H2,1-3H3. The van der Waals surface area contributed by atoms with Gasteiger partial charge in [-0.2, -0.15) is 0 Å². The predicted molar refractivity (Wildman–Crippen MR) is 68.0 cm³/mol. The molecule has 0 amide bonds. The van der Waals surface area contributed by atoms with Crippen LogP contribution in [0.3, 0.4) is 0 Å². The van der Waals surface area contributed by atoms with Gasteiger partial charge in [0.15, 0.2) is 5.78 Å². The van der Waals surface area contributed by atoms with Crippen LogP contribution in [0.15, 0.2) is 6.07 Å². The highest BCUT2D eigenvalue weighted by Gasteiger charge is 2.25. The van der Waals surface area contributed by atoms with Gasteiger partial charge in [-0.15, -0.1) is 11.6 Å². The molecule has 0 aromatic carbocycles. The van der Waals surface area contributed by atoms with Crippen molar-refractivity contribution in [3.05, 3.63) is 23.0 Å². The Hall–Kier alpha value is -0.800. The van der Waals surface area contributed by atoms with Gasteiger partial charge >= 0.3 is 0 Å². The molecule has 2 atom stereocenters. The lowest BCUT2D eigenvalue weighted by Gasteiger charge is -2.16. The molecular formula is C13H18ClNO2. The van der Waals surface area contributed by atoms with Crippen molar-refractivity contribution in [1.82, 2.24) is 4.57 Å². The van der Waals surface area contributed by atoms with Crippen molar-refractivity contribution >= 4 is 17.4 Å². The minimum atomic E-state index is -0.469. The number of hydrogen-bond acceptors (Lipinski definition) is 2. The van der Waals surface area contributed by atoms with E-state index >= 15 is 0 Å². The van der Waals surface area contributed by atoms with Gasteiger partial charge in [0.05, 0.1) is 18.0 Å². The molecule has 0 saturated carbocycles. The fraction of sp³-hybridized carbons (Fsp3) is 0.615. The Bertz CT molecular complexity index is 431. The van der Waals surface area contributed by atoms with Crippen LogP contribution in [0.2, 0.25) is 0 Å². The van der Waals surface area contributed by atoms with Crippen LogP contribution in [-0.4, -0.2) is 28.9 Å². The van der Waals surface area contributed by atoms with Crippen molar-refractivity contribution in [1.29, 1.82) is 0 Å². The summed E-state index contributed by atoms with van der Waals surface area (Å²) in [5.41, 5.74) is 2.87. The lowest BCUT2D eigenvalue weighted by atomic mass is 10.1.